The first-order chi connectivity index (χ1) is 9.75. The van der Waals surface area contributed by atoms with E-state index in [4.69, 9.17) is 11.6 Å². The molecule has 0 aliphatic rings. The van der Waals surface area contributed by atoms with Crippen LogP contribution >= 0.6 is 22.9 Å². The van der Waals surface area contributed by atoms with Crippen molar-refractivity contribution >= 4 is 40.9 Å². The zero-order valence-electron chi connectivity index (χ0n) is 12.1. The zero-order chi connectivity index (χ0) is 15.6. The molecule has 0 bridgehead atoms. The van der Waals surface area contributed by atoms with Crippen LogP contribution in [0.4, 0.5) is 0 Å². The summed E-state index contributed by atoms with van der Waals surface area (Å²) in [7, 11) is 0. The molecule has 0 fully saturated rings. The summed E-state index contributed by atoms with van der Waals surface area (Å²) in [6.07, 6.45) is 3.27. The fraction of sp³-hybridized carbons (Fsp3) is 0.250. The van der Waals surface area contributed by atoms with Crippen LogP contribution in [0.25, 0.3) is 12.2 Å². The number of nitrogens with one attached hydrogen (secondary N) is 1. The van der Waals surface area contributed by atoms with Crippen LogP contribution in [0.15, 0.2) is 29.1 Å². The maximum absolute atomic E-state index is 12.0. The van der Waals surface area contributed by atoms with E-state index < -0.39 is 5.41 Å². The van der Waals surface area contributed by atoms with Crippen LogP contribution in [0.1, 0.15) is 26.3 Å². The summed E-state index contributed by atoms with van der Waals surface area (Å²) >= 11 is 7.10. The highest BCUT2D eigenvalue weighted by molar-refractivity contribution is 7.07. The molecule has 1 aromatic heterocycles. The van der Waals surface area contributed by atoms with Crippen LogP contribution in [0.2, 0.25) is 5.02 Å². The summed E-state index contributed by atoms with van der Waals surface area (Å²) in [5.74, 6) is -0.0157. The van der Waals surface area contributed by atoms with E-state index in [-0.39, 0.29) is 11.3 Å². The lowest BCUT2D eigenvalue weighted by Crippen LogP contribution is -2.22. The molecule has 0 saturated carbocycles. The van der Waals surface area contributed by atoms with Gasteiger partial charge < -0.3 is 4.98 Å². The highest BCUT2D eigenvalue weighted by atomic mass is 35.5. The number of thiazole rings is 1. The Hall–Kier alpha value is -1.65. The number of Topliss-reactive ketones (excluding diaryl/α,β-unsaturated/α-hetero) is 1. The lowest BCUT2D eigenvalue weighted by atomic mass is 9.91. The Morgan fingerprint density at radius 3 is 2.43 bits per heavy atom. The van der Waals surface area contributed by atoms with Gasteiger partial charge in [-0.3, -0.25) is 9.59 Å². The van der Waals surface area contributed by atoms with Crippen LogP contribution in [0.5, 0.6) is 0 Å². The maximum atomic E-state index is 12.0. The maximum Gasteiger partial charge on any atom is 0.266 e. The van der Waals surface area contributed by atoms with Crippen molar-refractivity contribution in [2.24, 2.45) is 5.41 Å². The molecule has 2 rings (SSSR count). The monoisotopic (exact) mass is 321 g/mol. The highest BCUT2D eigenvalue weighted by Crippen LogP contribution is 2.14. The van der Waals surface area contributed by atoms with Gasteiger partial charge in [-0.15, -0.1) is 11.3 Å². The van der Waals surface area contributed by atoms with Crippen molar-refractivity contribution in [3.63, 3.8) is 0 Å². The molecule has 0 unspecified atom stereocenters. The minimum absolute atomic E-state index is 0.0157. The van der Waals surface area contributed by atoms with E-state index in [1.54, 1.807) is 18.2 Å². The van der Waals surface area contributed by atoms with E-state index in [9.17, 15) is 9.59 Å². The zero-order valence-corrected chi connectivity index (χ0v) is 13.6. The predicted molar refractivity (Wildman–Crippen MR) is 88.1 cm³/mol. The van der Waals surface area contributed by atoms with Crippen molar-refractivity contribution < 1.29 is 4.79 Å². The average molecular weight is 322 g/mol. The van der Waals surface area contributed by atoms with Crippen molar-refractivity contribution in [3.8, 4) is 0 Å². The van der Waals surface area contributed by atoms with Gasteiger partial charge in [0.15, 0.2) is 5.78 Å². The van der Waals surface area contributed by atoms with Crippen molar-refractivity contribution in [1.82, 2.24) is 4.98 Å². The normalized spacial score (nSPS) is 13.7. The van der Waals surface area contributed by atoms with Gasteiger partial charge in [-0.25, -0.2) is 0 Å². The Balaban J connectivity index is 2.45. The summed E-state index contributed by atoms with van der Waals surface area (Å²) in [4.78, 5) is 26.6. The Bertz CT molecular complexity index is 823. The number of carbonyl (C=O) groups is 1. The third kappa shape index (κ3) is 4.16. The predicted octanol–water partition coefficient (Wildman–Crippen LogP) is 2.31. The average Bonchev–Trinajstić information content (AvgIpc) is 2.71. The van der Waals surface area contributed by atoms with Gasteiger partial charge in [0.25, 0.3) is 5.56 Å². The molecular weight excluding hydrogens is 306 g/mol. The third-order valence-corrected chi connectivity index (χ3v) is 4.06. The second-order valence-electron chi connectivity index (χ2n) is 5.74. The second-order valence-corrected chi connectivity index (χ2v) is 7.26. The summed E-state index contributed by atoms with van der Waals surface area (Å²) in [6, 6.07) is 7.22. The van der Waals surface area contributed by atoms with E-state index >= 15 is 0 Å². The SMILES string of the molecule is CC(C)(C)C(=O)/C=c1\[nH]c(=O)/c(=C/c2ccc(Cl)cc2)s1. The Kier molecular flexibility index (Phi) is 4.49. The number of aromatic nitrogens is 1. The molecule has 3 nitrogen and oxygen atoms in total. The van der Waals surface area contributed by atoms with Gasteiger partial charge in [0.1, 0.15) is 0 Å². The van der Waals surface area contributed by atoms with Gasteiger partial charge >= 0.3 is 0 Å². The number of ketones is 1. The molecular formula is C16H16ClNO2S. The van der Waals surface area contributed by atoms with Crippen LogP contribution in [-0.2, 0) is 4.79 Å². The number of benzene rings is 1. The van der Waals surface area contributed by atoms with Gasteiger partial charge in [0.05, 0.1) is 9.20 Å². The number of H-pyrrole nitrogens is 1. The molecule has 110 valence electrons. The van der Waals surface area contributed by atoms with Crippen LogP contribution < -0.4 is 14.8 Å². The van der Waals surface area contributed by atoms with Gasteiger partial charge in [-0.2, -0.15) is 0 Å². The van der Waals surface area contributed by atoms with E-state index in [1.165, 1.54) is 17.4 Å². The number of hydrogen-bond acceptors (Lipinski definition) is 3. The molecule has 1 heterocycles. The molecule has 0 saturated heterocycles. The molecule has 1 aromatic carbocycles. The lowest BCUT2D eigenvalue weighted by Gasteiger charge is -2.12. The minimum atomic E-state index is -0.457. The summed E-state index contributed by atoms with van der Waals surface area (Å²) < 4.78 is 1.13. The van der Waals surface area contributed by atoms with Crippen LogP contribution in [0, 0.1) is 5.41 Å². The quantitative estimate of drug-likeness (QED) is 0.923. The topological polar surface area (TPSA) is 49.9 Å². The fourth-order valence-electron chi connectivity index (χ4n) is 1.57. The first kappa shape index (κ1) is 15.7. The summed E-state index contributed by atoms with van der Waals surface area (Å²) in [6.45, 7) is 5.54. The fourth-order valence-corrected chi connectivity index (χ4v) is 2.58. The van der Waals surface area contributed by atoms with E-state index in [1.807, 2.05) is 32.9 Å². The Morgan fingerprint density at radius 1 is 1.24 bits per heavy atom. The van der Waals surface area contributed by atoms with Crippen molar-refractivity contribution in [2.45, 2.75) is 20.8 Å². The first-order valence-electron chi connectivity index (χ1n) is 6.48. The summed E-state index contributed by atoms with van der Waals surface area (Å²) in [5.41, 5.74) is 0.240. The van der Waals surface area contributed by atoms with Crippen molar-refractivity contribution in [3.05, 3.63) is 54.4 Å². The molecule has 1 N–H and O–H groups in total. The minimum Gasteiger partial charge on any atom is -0.313 e. The number of hydrogen-bond donors (Lipinski definition) is 1. The highest BCUT2D eigenvalue weighted by Gasteiger charge is 2.18. The van der Waals surface area contributed by atoms with Gasteiger partial charge in [-0.05, 0) is 23.8 Å². The molecule has 2 aromatic rings. The number of halogens is 1. The van der Waals surface area contributed by atoms with Crippen molar-refractivity contribution in [2.75, 3.05) is 0 Å². The Labute approximate surface area is 131 Å². The molecule has 0 aliphatic carbocycles. The van der Waals surface area contributed by atoms with Gasteiger partial charge in [0.2, 0.25) is 0 Å². The molecule has 0 aliphatic heterocycles. The first-order valence-corrected chi connectivity index (χ1v) is 7.68. The van der Waals surface area contributed by atoms with Crippen LogP contribution in [-0.4, -0.2) is 10.8 Å². The standard InChI is InChI=1S/C16H16ClNO2S/c1-16(2,3)13(19)9-14-18-15(20)12(21-14)8-10-4-6-11(17)7-5-10/h4-9H,1-3H3,(H,18,20)/b12-8-,14-9+. The lowest BCUT2D eigenvalue weighted by molar-refractivity contribution is -0.119. The summed E-state index contributed by atoms with van der Waals surface area (Å²) in [5, 5.41) is 0.650. The molecule has 0 radical (unpaired) electrons. The van der Waals surface area contributed by atoms with Gasteiger partial charge in [0, 0.05) is 16.5 Å². The second kappa shape index (κ2) is 6.00. The number of carbonyl (C=O) groups excluding carboxylic acids is 1. The molecule has 0 spiro atoms. The van der Waals surface area contributed by atoms with E-state index in [0.29, 0.717) is 14.2 Å². The molecule has 0 atom stereocenters. The molecule has 0 amide bonds. The number of aromatic amines is 1. The molecule has 21 heavy (non-hydrogen) atoms. The third-order valence-electron chi connectivity index (χ3n) is 2.85. The van der Waals surface area contributed by atoms with E-state index in [2.05, 4.69) is 4.98 Å². The molecule has 5 heteroatoms. The van der Waals surface area contributed by atoms with E-state index in [0.717, 1.165) is 5.56 Å². The largest absolute Gasteiger partial charge is 0.313 e. The van der Waals surface area contributed by atoms with Gasteiger partial charge in [-0.1, -0.05) is 44.5 Å². The van der Waals surface area contributed by atoms with Crippen LogP contribution in [0.3, 0.4) is 0 Å². The number of rotatable bonds is 2. The Morgan fingerprint density at radius 2 is 1.86 bits per heavy atom. The van der Waals surface area contributed by atoms with Crippen molar-refractivity contribution in [1.29, 1.82) is 0 Å². The smallest absolute Gasteiger partial charge is 0.266 e.